The number of nitro groups is 1. The van der Waals surface area contributed by atoms with Gasteiger partial charge < -0.3 is 10.1 Å². The highest BCUT2D eigenvalue weighted by molar-refractivity contribution is 5.95. The zero-order chi connectivity index (χ0) is 26.3. The van der Waals surface area contributed by atoms with Crippen molar-refractivity contribution < 1.29 is 14.5 Å². The summed E-state index contributed by atoms with van der Waals surface area (Å²) in [4.78, 5) is 32.7. The maximum absolute atomic E-state index is 12.5. The highest BCUT2D eigenvalue weighted by Crippen LogP contribution is 2.30. The average Bonchev–Trinajstić information content (AvgIpc) is 3.27. The number of nitrogens with one attached hydrogen (secondary N) is 1. The van der Waals surface area contributed by atoms with Crippen molar-refractivity contribution in [3.05, 3.63) is 82.5 Å². The van der Waals surface area contributed by atoms with Gasteiger partial charge in [0.1, 0.15) is 11.4 Å². The Kier molecular flexibility index (Phi) is 5.79. The van der Waals surface area contributed by atoms with Crippen LogP contribution in [0.2, 0.25) is 0 Å². The van der Waals surface area contributed by atoms with Crippen molar-refractivity contribution in [2.75, 3.05) is 5.32 Å². The van der Waals surface area contributed by atoms with E-state index in [0.29, 0.717) is 28.2 Å². The van der Waals surface area contributed by atoms with Crippen LogP contribution in [0.4, 0.5) is 22.0 Å². The van der Waals surface area contributed by atoms with Gasteiger partial charge in [-0.3, -0.25) is 10.1 Å². The molecule has 1 N–H and O–H groups in total. The molecule has 0 amide bonds. The summed E-state index contributed by atoms with van der Waals surface area (Å²) < 4.78 is 6.67. The van der Waals surface area contributed by atoms with E-state index in [1.54, 1.807) is 45.2 Å². The molecule has 2 aromatic heterocycles. The summed E-state index contributed by atoms with van der Waals surface area (Å²) >= 11 is 0. The number of anilines is 2. The number of hydrogen-bond acceptors (Lipinski definition) is 8. The van der Waals surface area contributed by atoms with Crippen LogP contribution in [0.1, 0.15) is 26.3 Å². The second-order valence-electron chi connectivity index (χ2n) is 9.66. The predicted molar refractivity (Wildman–Crippen MR) is 141 cm³/mol. The molecule has 2 heterocycles. The topological polar surface area (TPSA) is 125 Å². The lowest BCUT2D eigenvalue weighted by molar-refractivity contribution is -0.384. The number of rotatable bonds is 4. The highest BCUT2D eigenvalue weighted by Gasteiger charge is 2.20. The Balaban J connectivity index is 1.55. The van der Waals surface area contributed by atoms with Gasteiger partial charge in [-0.2, -0.15) is 9.78 Å². The average molecular weight is 497 g/mol. The maximum Gasteiger partial charge on any atom is 0.435 e. The molecule has 0 radical (unpaired) electrons. The first-order valence-electron chi connectivity index (χ1n) is 11.6. The van der Waals surface area contributed by atoms with Crippen molar-refractivity contribution in [2.45, 2.75) is 33.3 Å². The highest BCUT2D eigenvalue weighted by atomic mass is 16.6. The number of carbonyl (C=O) groups excluding carboxylic acids is 1. The van der Waals surface area contributed by atoms with E-state index in [9.17, 15) is 14.9 Å². The quantitative estimate of drug-likeness (QED) is 0.224. The summed E-state index contributed by atoms with van der Waals surface area (Å²) in [6.07, 6.45) is 1.04. The van der Waals surface area contributed by atoms with Crippen molar-refractivity contribution in [3.63, 3.8) is 0 Å². The Labute approximate surface area is 212 Å². The molecule has 0 aliphatic carbocycles. The molecule has 0 aliphatic rings. The molecule has 0 fully saturated rings. The van der Waals surface area contributed by atoms with Gasteiger partial charge >= 0.3 is 6.09 Å². The minimum atomic E-state index is -0.639. The largest absolute Gasteiger partial charge is 0.442 e. The zero-order valence-corrected chi connectivity index (χ0v) is 20.7. The Morgan fingerprint density at radius 3 is 2.62 bits per heavy atom. The zero-order valence-electron chi connectivity index (χ0n) is 20.7. The second kappa shape index (κ2) is 8.98. The number of nitrogens with zero attached hydrogens (tertiary/aromatic N) is 5. The molecule has 5 aromatic rings. The number of hydrogen-bond donors (Lipinski definition) is 1. The van der Waals surface area contributed by atoms with Gasteiger partial charge in [0.25, 0.3) is 5.69 Å². The molecule has 0 aliphatic heterocycles. The van der Waals surface area contributed by atoms with Gasteiger partial charge in [0.05, 0.1) is 22.2 Å². The summed E-state index contributed by atoms with van der Waals surface area (Å²) in [7, 11) is 0. The minimum absolute atomic E-state index is 0.0351. The van der Waals surface area contributed by atoms with E-state index in [1.165, 1.54) is 16.8 Å². The van der Waals surface area contributed by atoms with Gasteiger partial charge in [-0.25, -0.2) is 14.8 Å². The molecular formula is C27H24N6O4. The van der Waals surface area contributed by atoms with Crippen LogP contribution >= 0.6 is 0 Å². The first-order valence-corrected chi connectivity index (χ1v) is 11.6. The molecule has 0 spiro atoms. The first kappa shape index (κ1) is 23.9. The molecule has 0 unspecified atom stereocenters. The normalized spacial score (nSPS) is 11.6. The van der Waals surface area contributed by atoms with Crippen LogP contribution in [-0.2, 0) is 4.74 Å². The number of ether oxygens (including phenoxy) is 1. The van der Waals surface area contributed by atoms with Gasteiger partial charge in [-0.1, -0.05) is 23.8 Å². The molecule has 0 saturated heterocycles. The predicted octanol–water partition coefficient (Wildman–Crippen LogP) is 6.39. The van der Waals surface area contributed by atoms with E-state index in [-0.39, 0.29) is 5.69 Å². The Morgan fingerprint density at radius 1 is 1.05 bits per heavy atom. The number of aryl methyl sites for hydroxylation is 1. The molecule has 10 heteroatoms. The van der Waals surface area contributed by atoms with Gasteiger partial charge in [0, 0.05) is 34.2 Å². The molecule has 186 valence electrons. The molecule has 0 atom stereocenters. The van der Waals surface area contributed by atoms with Gasteiger partial charge in [0.2, 0.25) is 0 Å². The van der Waals surface area contributed by atoms with E-state index in [0.717, 1.165) is 22.0 Å². The van der Waals surface area contributed by atoms with Crippen LogP contribution in [0.5, 0.6) is 0 Å². The molecule has 5 rings (SSSR count). The first-order chi connectivity index (χ1) is 17.6. The number of aromatic nitrogens is 4. The smallest absolute Gasteiger partial charge is 0.435 e. The second-order valence-corrected chi connectivity index (χ2v) is 9.66. The van der Waals surface area contributed by atoms with Crippen molar-refractivity contribution in [1.82, 2.24) is 19.7 Å². The van der Waals surface area contributed by atoms with E-state index >= 15 is 0 Å². The van der Waals surface area contributed by atoms with Crippen molar-refractivity contribution in [1.29, 1.82) is 0 Å². The lowest BCUT2D eigenvalue weighted by Gasteiger charge is -2.19. The van der Waals surface area contributed by atoms with E-state index in [2.05, 4.69) is 15.4 Å². The van der Waals surface area contributed by atoms with Crippen LogP contribution < -0.4 is 5.32 Å². The summed E-state index contributed by atoms with van der Waals surface area (Å²) in [6, 6.07) is 17.5. The number of benzene rings is 3. The maximum atomic E-state index is 12.5. The number of carbonyl (C=O) groups is 1. The lowest BCUT2D eigenvalue weighted by atomic mass is 10.1. The summed E-state index contributed by atoms with van der Waals surface area (Å²) in [5, 5.41) is 20.4. The lowest BCUT2D eigenvalue weighted by Crippen LogP contribution is -2.27. The molecular weight excluding hydrogens is 472 g/mol. The Bertz CT molecular complexity index is 1690. The van der Waals surface area contributed by atoms with Gasteiger partial charge in [-0.15, -0.1) is 0 Å². The molecule has 3 aromatic carbocycles. The van der Waals surface area contributed by atoms with Crippen LogP contribution in [0.3, 0.4) is 0 Å². The van der Waals surface area contributed by atoms with Crippen molar-refractivity contribution in [2.24, 2.45) is 0 Å². The van der Waals surface area contributed by atoms with Crippen LogP contribution in [0.25, 0.3) is 33.2 Å². The number of fused-ring (bicyclic) bond motifs is 2. The minimum Gasteiger partial charge on any atom is -0.442 e. The van der Waals surface area contributed by atoms with Crippen LogP contribution in [0, 0.1) is 17.0 Å². The summed E-state index contributed by atoms with van der Waals surface area (Å²) in [5.41, 5.74) is 2.93. The Hall–Kier alpha value is -4.86. The molecule has 10 nitrogen and oxygen atoms in total. The van der Waals surface area contributed by atoms with Crippen LogP contribution in [-0.4, -0.2) is 36.4 Å². The van der Waals surface area contributed by atoms with Crippen molar-refractivity contribution >= 4 is 45.1 Å². The third kappa shape index (κ3) is 4.94. The third-order valence-electron chi connectivity index (χ3n) is 5.56. The monoisotopic (exact) mass is 496 g/mol. The number of nitro benzene ring substituents is 1. The van der Waals surface area contributed by atoms with Gasteiger partial charge in [-0.05, 0) is 58.0 Å². The van der Waals surface area contributed by atoms with E-state index in [1.807, 2.05) is 37.3 Å². The third-order valence-corrected chi connectivity index (χ3v) is 5.56. The fourth-order valence-corrected chi connectivity index (χ4v) is 3.92. The SMILES string of the molecule is Cc1ccc2nc(-c3cccc([N+](=O)[O-])c3)nc(Nc3ccc4c(cnn4C(=O)OC(C)(C)C)c3)c2c1. The fraction of sp³-hybridized carbons (Fsp3) is 0.185. The van der Waals surface area contributed by atoms with E-state index < -0.39 is 16.6 Å². The van der Waals surface area contributed by atoms with Gasteiger partial charge in [0.15, 0.2) is 5.82 Å². The molecule has 37 heavy (non-hydrogen) atoms. The standard InChI is InChI=1S/C27H24N6O4/c1-16-8-10-22-21(12-16)25(31-24(30-22)17-6-5-7-20(14-17)33(35)36)29-19-9-11-23-18(13-19)15-28-32(23)26(34)37-27(2,3)4/h5-15H,1-4H3,(H,29,30,31). The van der Waals surface area contributed by atoms with E-state index in [4.69, 9.17) is 9.72 Å². The fourth-order valence-electron chi connectivity index (χ4n) is 3.92. The molecule has 0 saturated carbocycles. The summed E-state index contributed by atoms with van der Waals surface area (Å²) in [5.74, 6) is 0.912. The number of non-ortho nitro benzene ring substituents is 1. The summed E-state index contributed by atoms with van der Waals surface area (Å²) in [6.45, 7) is 7.38. The van der Waals surface area contributed by atoms with Crippen LogP contribution in [0.15, 0.2) is 66.9 Å². The molecule has 0 bridgehead atoms. The van der Waals surface area contributed by atoms with Crippen molar-refractivity contribution in [3.8, 4) is 11.4 Å². The Morgan fingerprint density at radius 2 is 1.86 bits per heavy atom.